The lowest BCUT2D eigenvalue weighted by Gasteiger charge is -2.26. The van der Waals surface area contributed by atoms with E-state index in [1.54, 1.807) is 7.11 Å². The van der Waals surface area contributed by atoms with Crippen LogP contribution in [0.15, 0.2) is 12.2 Å². The van der Waals surface area contributed by atoms with Gasteiger partial charge in [-0.15, -0.1) is 0 Å². The van der Waals surface area contributed by atoms with Crippen LogP contribution in [-0.2, 0) is 14.3 Å². The van der Waals surface area contributed by atoms with Gasteiger partial charge in [0.2, 0.25) is 5.91 Å². The molecule has 1 heterocycles. The van der Waals surface area contributed by atoms with Crippen molar-refractivity contribution in [1.82, 2.24) is 5.32 Å². The molecule has 0 unspecified atom stereocenters. The molecule has 0 aromatic carbocycles. The van der Waals surface area contributed by atoms with Crippen LogP contribution >= 0.6 is 0 Å². The Labute approximate surface area is 114 Å². The number of methoxy groups -OCH3 is 1. The van der Waals surface area contributed by atoms with Crippen molar-refractivity contribution in [2.75, 3.05) is 20.3 Å². The summed E-state index contributed by atoms with van der Waals surface area (Å²) < 4.78 is 10.9. The summed E-state index contributed by atoms with van der Waals surface area (Å²) in [7, 11) is 1.67. The van der Waals surface area contributed by atoms with Crippen LogP contribution in [0.5, 0.6) is 0 Å². The first-order valence-electron chi connectivity index (χ1n) is 7.37. The quantitative estimate of drug-likeness (QED) is 0.767. The van der Waals surface area contributed by atoms with E-state index >= 15 is 0 Å². The summed E-state index contributed by atoms with van der Waals surface area (Å²) in [5, 5.41) is 3.16. The highest BCUT2D eigenvalue weighted by atomic mass is 16.5. The predicted molar refractivity (Wildman–Crippen MR) is 71.6 cm³/mol. The van der Waals surface area contributed by atoms with Gasteiger partial charge in [0, 0.05) is 19.6 Å². The lowest BCUT2D eigenvalue weighted by Crippen LogP contribution is -2.48. The maximum absolute atomic E-state index is 12.4. The van der Waals surface area contributed by atoms with Crippen LogP contribution in [0.3, 0.4) is 0 Å². The zero-order chi connectivity index (χ0) is 13.2. The zero-order valence-corrected chi connectivity index (χ0v) is 11.5. The molecule has 2 fully saturated rings. The normalized spacial score (nSPS) is 37.7. The Morgan fingerprint density at radius 1 is 1.47 bits per heavy atom. The molecule has 0 radical (unpaired) electrons. The molecule has 1 saturated heterocycles. The van der Waals surface area contributed by atoms with Gasteiger partial charge < -0.3 is 14.8 Å². The number of fused-ring (bicyclic) bond motifs is 2. The molecule has 106 valence electrons. The van der Waals surface area contributed by atoms with Crippen molar-refractivity contribution in [2.45, 2.75) is 37.8 Å². The second-order valence-electron chi connectivity index (χ2n) is 6.01. The molecule has 3 aliphatic rings. The molecule has 0 spiro atoms. The second kappa shape index (κ2) is 5.63. The number of carbonyl (C=O) groups is 1. The molecule has 1 saturated carbocycles. The summed E-state index contributed by atoms with van der Waals surface area (Å²) in [6.45, 7) is 1.34. The molecule has 2 aliphatic carbocycles. The summed E-state index contributed by atoms with van der Waals surface area (Å²) in [5.41, 5.74) is 0. The lowest BCUT2D eigenvalue weighted by atomic mass is 9.92. The minimum absolute atomic E-state index is 0.00288. The Morgan fingerprint density at radius 2 is 2.37 bits per heavy atom. The van der Waals surface area contributed by atoms with E-state index in [2.05, 4.69) is 17.5 Å². The van der Waals surface area contributed by atoms with E-state index < -0.39 is 0 Å². The van der Waals surface area contributed by atoms with Crippen molar-refractivity contribution in [2.24, 2.45) is 17.8 Å². The SMILES string of the molecule is COC[C@H](NC(=O)[C@H]1C[C@H]2C=C[C@H]1C2)[C@H]1CCCO1. The van der Waals surface area contributed by atoms with Crippen molar-refractivity contribution < 1.29 is 14.3 Å². The average molecular weight is 265 g/mol. The Balaban J connectivity index is 1.58. The molecular formula is C15H23NO3. The van der Waals surface area contributed by atoms with Gasteiger partial charge in [-0.05, 0) is 37.5 Å². The third kappa shape index (κ3) is 2.70. The predicted octanol–water partition coefficient (Wildman–Crippen LogP) is 1.51. The Bertz CT molecular complexity index is 362. The third-order valence-electron chi connectivity index (χ3n) is 4.70. The van der Waals surface area contributed by atoms with Crippen molar-refractivity contribution in [3.8, 4) is 0 Å². The monoisotopic (exact) mass is 265 g/mol. The zero-order valence-electron chi connectivity index (χ0n) is 11.5. The number of carbonyl (C=O) groups excluding carboxylic acids is 1. The number of amides is 1. The van der Waals surface area contributed by atoms with Crippen molar-refractivity contribution in [1.29, 1.82) is 0 Å². The van der Waals surface area contributed by atoms with Crippen LogP contribution in [0.25, 0.3) is 0 Å². The highest BCUT2D eigenvalue weighted by molar-refractivity contribution is 5.80. The van der Waals surface area contributed by atoms with E-state index in [4.69, 9.17) is 9.47 Å². The smallest absolute Gasteiger partial charge is 0.224 e. The minimum atomic E-state index is 0.00288. The number of allylic oxidation sites excluding steroid dienone is 2. The van der Waals surface area contributed by atoms with Crippen LogP contribution in [0.1, 0.15) is 25.7 Å². The van der Waals surface area contributed by atoms with Gasteiger partial charge in [-0.2, -0.15) is 0 Å². The van der Waals surface area contributed by atoms with Crippen molar-refractivity contribution in [3.63, 3.8) is 0 Å². The fraction of sp³-hybridized carbons (Fsp3) is 0.800. The molecule has 5 atom stereocenters. The molecule has 3 rings (SSSR count). The van der Waals surface area contributed by atoms with Gasteiger partial charge in [-0.25, -0.2) is 0 Å². The van der Waals surface area contributed by atoms with Crippen LogP contribution < -0.4 is 5.32 Å². The Morgan fingerprint density at radius 3 is 2.95 bits per heavy atom. The third-order valence-corrected chi connectivity index (χ3v) is 4.70. The summed E-state index contributed by atoms with van der Waals surface area (Å²) in [6, 6.07) is 0.00288. The van der Waals surface area contributed by atoms with Gasteiger partial charge in [0.15, 0.2) is 0 Å². The van der Waals surface area contributed by atoms with Crippen molar-refractivity contribution in [3.05, 3.63) is 12.2 Å². The van der Waals surface area contributed by atoms with Gasteiger partial charge in [0.25, 0.3) is 0 Å². The molecule has 0 aromatic heterocycles. The number of hydrogen-bond acceptors (Lipinski definition) is 3. The minimum Gasteiger partial charge on any atom is -0.382 e. The number of ether oxygens (including phenoxy) is 2. The molecule has 2 bridgehead atoms. The largest absolute Gasteiger partial charge is 0.382 e. The van der Waals surface area contributed by atoms with Gasteiger partial charge in [0.1, 0.15) is 0 Å². The molecule has 4 heteroatoms. The molecule has 0 aromatic rings. The van der Waals surface area contributed by atoms with Gasteiger partial charge in [-0.1, -0.05) is 12.2 Å². The standard InChI is InChI=1S/C15H23NO3/c1-18-9-13(14-3-2-6-19-14)16-15(17)12-8-10-4-5-11(12)7-10/h4-5,10-14H,2-3,6-9H2,1H3,(H,16,17)/t10-,11-,12-,13-,14+/m0/s1. The van der Waals surface area contributed by atoms with Crippen LogP contribution in [0, 0.1) is 17.8 Å². The molecule has 1 aliphatic heterocycles. The molecule has 19 heavy (non-hydrogen) atoms. The van der Waals surface area contributed by atoms with E-state index in [-0.39, 0.29) is 24.0 Å². The molecule has 1 N–H and O–H groups in total. The van der Waals surface area contributed by atoms with Gasteiger partial charge >= 0.3 is 0 Å². The summed E-state index contributed by atoms with van der Waals surface area (Å²) >= 11 is 0. The van der Waals surface area contributed by atoms with E-state index in [1.165, 1.54) is 0 Å². The van der Waals surface area contributed by atoms with E-state index in [1.807, 2.05) is 0 Å². The fourth-order valence-electron chi connectivity index (χ4n) is 3.71. The van der Waals surface area contributed by atoms with E-state index in [0.29, 0.717) is 18.4 Å². The first-order chi connectivity index (χ1) is 9.28. The average Bonchev–Trinajstić information content (AvgIpc) is 3.14. The summed E-state index contributed by atoms with van der Waals surface area (Å²) in [5.74, 6) is 1.44. The molecule has 4 nitrogen and oxygen atoms in total. The van der Waals surface area contributed by atoms with Crippen LogP contribution in [0.2, 0.25) is 0 Å². The second-order valence-corrected chi connectivity index (χ2v) is 6.01. The number of hydrogen-bond donors (Lipinski definition) is 1. The van der Waals surface area contributed by atoms with Gasteiger partial charge in [-0.3, -0.25) is 4.79 Å². The first kappa shape index (κ1) is 13.1. The Kier molecular flexibility index (Phi) is 3.89. The summed E-state index contributed by atoms with van der Waals surface area (Å²) in [4.78, 5) is 12.4. The van der Waals surface area contributed by atoms with E-state index in [0.717, 1.165) is 32.3 Å². The first-order valence-corrected chi connectivity index (χ1v) is 7.37. The maximum atomic E-state index is 12.4. The van der Waals surface area contributed by atoms with E-state index in [9.17, 15) is 4.79 Å². The highest BCUT2D eigenvalue weighted by Gasteiger charge is 2.41. The highest BCUT2D eigenvalue weighted by Crippen LogP contribution is 2.43. The van der Waals surface area contributed by atoms with Crippen molar-refractivity contribution >= 4 is 5.91 Å². The van der Waals surface area contributed by atoms with Crippen LogP contribution in [-0.4, -0.2) is 38.4 Å². The molecule has 1 amide bonds. The maximum Gasteiger partial charge on any atom is 0.224 e. The van der Waals surface area contributed by atoms with Crippen LogP contribution in [0.4, 0.5) is 0 Å². The fourth-order valence-corrected chi connectivity index (χ4v) is 3.71. The Hall–Kier alpha value is -0.870. The number of nitrogens with one attached hydrogen (secondary N) is 1. The summed E-state index contributed by atoms with van der Waals surface area (Å²) in [6.07, 6.45) is 8.88. The topological polar surface area (TPSA) is 47.6 Å². The van der Waals surface area contributed by atoms with Gasteiger partial charge in [0.05, 0.1) is 18.8 Å². The number of rotatable bonds is 5. The molecular weight excluding hydrogens is 242 g/mol. The lowest BCUT2D eigenvalue weighted by molar-refractivity contribution is -0.128.